The fourth-order valence-electron chi connectivity index (χ4n) is 9.23. The van der Waals surface area contributed by atoms with Crippen LogP contribution in [0.3, 0.4) is 0 Å². The Morgan fingerprint density at radius 1 is 0.885 bits per heavy atom. The standard InChI is InChI=1S/C47H53N7O6S/c55-29-39-35-19-23-53(27-30-17-21-48-22-18-30)45(35)36-26-32(13-14-38(36)51-39)31-7-5-8-33(25-31)50-43(57)12-2-1-11-42(56)49-20-3-4-24-61-41-10-6-9-34-37(41)28-54(47(34)60)40-15-16-44(58)52-46(40)59/h5-10,13-14,17-18,21-22,25-26,35,39-40,45,51,55H,1-4,11-12,15-16,19-20,23-24,27-29H2,(H,49,56)(H,50,57)(H,52,58,59)/t35-,39-,40?,45-/m1/s1. The van der Waals surface area contributed by atoms with E-state index in [1.807, 2.05) is 42.7 Å². The normalized spacial score (nSPS) is 20.7. The first-order chi connectivity index (χ1) is 29.7. The molecular formula is C47H53N7O6S. The zero-order valence-electron chi connectivity index (χ0n) is 34.2. The lowest BCUT2D eigenvalue weighted by Crippen LogP contribution is -2.52. The van der Waals surface area contributed by atoms with Gasteiger partial charge in [0.15, 0.2) is 0 Å². The predicted octanol–water partition coefficient (Wildman–Crippen LogP) is 6.05. The number of pyridine rings is 1. The second kappa shape index (κ2) is 19.4. The summed E-state index contributed by atoms with van der Waals surface area (Å²) in [6.45, 7) is 2.78. The number of unbranched alkanes of at least 4 members (excludes halogenated alkanes) is 2. The molecule has 2 saturated heterocycles. The van der Waals surface area contributed by atoms with E-state index >= 15 is 0 Å². The van der Waals surface area contributed by atoms with Gasteiger partial charge in [0.2, 0.25) is 23.6 Å². The molecule has 4 atom stereocenters. The van der Waals surface area contributed by atoms with Gasteiger partial charge in [-0.25, -0.2) is 0 Å². The van der Waals surface area contributed by atoms with Crippen LogP contribution in [-0.4, -0.2) is 87.0 Å². The highest BCUT2D eigenvalue weighted by Gasteiger charge is 2.44. The number of nitrogens with one attached hydrogen (secondary N) is 4. The van der Waals surface area contributed by atoms with E-state index < -0.39 is 11.9 Å². The van der Waals surface area contributed by atoms with Crippen molar-refractivity contribution in [2.75, 3.05) is 36.1 Å². The molecule has 0 spiro atoms. The van der Waals surface area contributed by atoms with E-state index in [0.29, 0.717) is 56.7 Å². The molecule has 61 heavy (non-hydrogen) atoms. The number of rotatable bonds is 17. The first-order valence-electron chi connectivity index (χ1n) is 21.5. The van der Waals surface area contributed by atoms with Crippen molar-refractivity contribution < 1.29 is 29.1 Å². The van der Waals surface area contributed by atoms with Crippen LogP contribution in [0.4, 0.5) is 11.4 Å². The number of carbonyl (C=O) groups is 5. The zero-order valence-corrected chi connectivity index (χ0v) is 35.1. The molecule has 0 aliphatic carbocycles. The number of aliphatic hydroxyl groups excluding tert-OH is 1. The Bertz CT molecular complexity index is 2270. The Hall–Kier alpha value is -5.57. The molecule has 0 bridgehead atoms. The van der Waals surface area contributed by atoms with Crippen LogP contribution >= 0.6 is 11.8 Å². The Morgan fingerprint density at radius 2 is 1.69 bits per heavy atom. The number of aromatic nitrogens is 1. The van der Waals surface area contributed by atoms with Crippen LogP contribution in [0, 0.1) is 5.92 Å². The second-order valence-electron chi connectivity index (χ2n) is 16.4. The van der Waals surface area contributed by atoms with E-state index in [4.69, 9.17) is 0 Å². The first kappa shape index (κ1) is 42.1. The largest absolute Gasteiger partial charge is 0.394 e. The summed E-state index contributed by atoms with van der Waals surface area (Å²) in [6, 6.07) is 23.7. The number of hydrogen-bond acceptors (Lipinski definition) is 10. The van der Waals surface area contributed by atoms with Gasteiger partial charge in [-0.2, -0.15) is 0 Å². The molecular weight excluding hydrogens is 791 g/mol. The fourth-order valence-corrected chi connectivity index (χ4v) is 10.3. The summed E-state index contributed by atoms with van der Waals surface area (Å²) in [7, 11) is 0. The van der Waals surface area contributed by atoms with Crippen LogP contribution in [0.15, 0.2) is 90.1 Å². The molecule has 318 valence electrons. The SMILES string of the molecule is O=C(CCCCC(=O)Nc1cccc(-c2ccc3c(c2)[C@H]2[C@H](CCN2Cc2ccncc2)[C@@H](CO)N3)c1)NCCCCSc1cccc2c1CN(C1CCC(=O)NC1=O)C2=O. The third-order valence-electron chi connectivity index (χ3n) is 12.3. The summed E-state index contributed by atoms with van der Waals surface area (Å²) in [5, 5.41) is 22.2. The van der Waals surface area contributed by atoms with Crippen LogP contribution in [0.2, 0.25) is 0 Å². The summed E-state index contributed by atoms with van der Waals surface area (Å²) >= 11 is 1.67. The number of likely N-dealkylation sites (tertiary alicyclic amines) is 1. The van der Waals surface area contributed by atoms with E-state index in [9.17, 15) is 29.1 Å². The molecule has 5 amide bonds. The summed E-state index contributed by atoms with van der Waals surface area (Å²) in [4.78, 5) is 71.9. The number of aliphatic hydroxyl groups is 1. The van der Waals surface area contributed by atoms with Gasteiger partial charge in [0.25, 0.3) is 5.91 Å². The maximum atomic E-state index is 13.1. The smallest absolute Gasteiger partial charge is 0.255 e. The van der Waals surface area contributed by atoms with E-state index in [1.165, 1.54) is 11.1 Å². The quantitative estimate of drug-likeness (QED) is 0.0479. The van der Waals surface area contributed by atoms with E-state index in [1.54, 1.807) is 22.7 Å². The molecule has 0 radical (unpaired) electrons. The zero-order chi connectivity index (χ0) is 42.3. The number of nitrogens with zero attached hydrogens (tertiary/aromatic N) is 3. The van der Waals surface area contributed by atoms with Gasteiger partial charge in [0, 0.05) is 85.1 Å². The van der Waals surface area contributed by atoms with Gasteiger partial charge < -0.3 is 26.0 Å². The number of fused-ring (bicyclic) bond motifs is 4. The highest BCUT2D eigenvalue weighted by molar-refractivity contribution is 7.99. The van der Waals surface area contributed by atoms with Crippen LogP contribution in [0.5, 0.6) is 0 Å². The van der Waals surface area contributed by atoms with Crippen LogP contribution < -0.4 is 21.3 Å². The molecule has 2 fully saturated rings. The molecule has 1 aromatic heterocycles. The van der Waals surface area contributed by atoms with Crippen LogP contribution in [0.1, 0.15) is 90.9 Å². The number of benzene rings is 3. The predicted molar refractivity (Wildman–Crippen MR) is 234 cm³/mol. The van der Waals surface area contributed by atoms with Crippen molar-refractivity contribution >= 4 is 52.7 Å². The lowest BCUT2D eigenvalue weighted by Gasteiger charge is -2.39. The van der Waals surface area contributed by atoms with Crippen molar-refractivity contribution in [3.05, 3.63) is 107 Å². The van der Waals surface area contributed by atoms with Crippen molar-refractivity contribution in [1.29, 1.82) is 0 Å². The lowest BCUT2D eigenvalue weighted by molar-refractivity contribution is -0.137. The molecule has 5 N–H and O–H groups in total. The highest BCUT2D eigenvalue weighted by Crippen LogP contribution is 2.48. The molecule has 4 aliphatic rings. The molecule has 8 rings (SSSR count). The third kappa shape index (κ3) is 9.82. The minimum absolute atomic E-state index is 0.00260. The Balaban J connectivity index is 0.747. The molecule has 13 nitrogen and oxygen atoms in total. The van der Waals surface area contributed by atoms with E-state index in [-0.39, 0.29) is 48.7 Å². The molecule has 3 aromatic carbocycles. The monoisotopic (exact) mass is 843 g/mol. The highest BCUT2D eigenvalue weighted by atomic mass is 32.2. The Morgan fingerprint density at radius 3 is 2.51 bits per heavy atom. The number of piperidine rings is 1. The molecule has 5 heterocycles. The van der Waals surface area contributed by atoms with Gasteiger partial charge in [-0.1, -0.05) is 24.3 Å². The van der Waals surface area contributed by atoms with Crippen LogP contribution in [0.25, 0.3) is 11.1 Å². The molecule has 4 aromatic rings. The third-order valence-corrected chi connectivity index (χ3v) is 13.5. The van der Waals surface area contributed by atoms with Crippen molar-refractivity contribution in [3.63, 3.8) is 0 Å². The van der Waals surface area contributed by atoms with Gasteiger partial charge in [-0.05, 0) is 127 Å². The summed E-state index contributed by atoms with van der Waals surface area (Å²) in [5.74, 6) is 0.117. The summed E-state index contributed by atoms with van der Waals surface area (Å²) in [5.41, 5.74) is 7.83. The minimum Gasteiger partial charge on any atom is -0.394 e. The average molecular weight is 844 g/mol. The topological polar surface area (TPSA) is 173 Å². The molecule has 4 aliphatic heterocycles. The number of amides is 5. The van der Waals surface area contributed by atoms with Gasteiger partial charge in [0.1, 0.15) is 6.04 Å². The summed E-state index contributed by atoms with van der Waals surface area (Å²) < 4.78 is 0. The van der Waals surface area contributed by atoms with Crippen molar-refractivity contribution in [2.24, 2.45) is 5.92 Å². The lowest BCUT2D eigenvalue weighted by atomic mass is 9.82. The van der Waals surface area contributed by atoms with Gasteiger partial charge in [-0.3, -0.25) is 39.2 Å². The second-order valence-corrected chi connectivity index (χ2v) is 17.5. The molecule has 0 saturated carbocycles. The Kier molecular flexibility index (Phi) is 13.4. The maximum Gasteiger partial charge on any atom is 0.255 e. The number of hydrogen-bond donors (Lipinski definition) is 5. The first-order valence-corrected chi connectivity index (χ1v) is 22.4. The Labute approximate surface area is 360 Å². The number of carbonyl (C=O) groups excluding carboxylic acids is 5. The van der Waals surface area contributed by atoms with E-state index in [2.05, 4.69) is 67.5 Å². The van der Waals surface area contributed by atoms with Gasteiger partial charge >= 0.3 is 0 Å². The summed E-state index contributed by atoms with van der Waals surface area (Å²) in [6.07, 6.45) is 8.82. The number of imide groups is 1. The molecule has 1 unspecified atom stereocenters. The number of anilines is 2. The van der Waals surface area contributed by atoms with Crippen molar-refractivity contribution in [2.45, 2.75) is 93.9 Å². The maximum absolute atomic E-state index is 13.1. The van der Waals surface area contributed by atoms with E-state index in [0.717, 1.165) is 71.1 Å². The fraction of sp³-hybridized carbons (Fsp3) is 0.404. The van der Waals surface area contributed by atoms with Crippen molar-refractivity contribution in [1.82, 2.24) is 25.4 Å². The number of thioether (sulfide) groups is 1. The van der Waals surface area contributed by atoms with Crippen LogP contribution in [-0.2, 0) is 32.3 Å². The minimum atomic E-state index is -0.634. The van der Waals surface area contributed by atoms with Crippen molar-refractivity contribution in [3.8, 4) is 11.1 Å². The average Bonchev–Trinajstić information content (AvgIpc) is 3.84. The van der Waals surface area contributed by atoms with Gasteiger partial charge in [-0.15, -0.1) is 11.8 Å². The van der Waals surface area contributed by atoms with Gasteiger partial charge in [0.05, 0.1) is 12.6 Å². The molecule has 14 heteroatoms.